The Balaban J connectivity index is 1.86. The molecule has 136 valence electrons. The van der Waals surface area contributed by atoms with Gasteiger partial charge in [-0.2, -0.15) is 0 Å². The molecular formula is C22H19NO3S. The molecule has 27 heavy (non-hydrogen) atoms. The normalized spacial score (nSPS) is 11.3. The summed E-state index contributed by atoms with van der Waals surface area (Å²) < 4.78 is 6.22. The molecule has 4 aromatic rings. The van der Waals surface area contributed by atoms with E-state index in [1.165, 1.54) is 11.3 Å². The summed E-state index contributed by atoms with van der Waals surface area (Å²) in [6.45, 7) is 5.97. The largest absolute Gasteiger partial charge is 0.422 e. The summed E-state index contributed by atoms with van der Waals surface area (Å²) in [5.41, 5.74) is 4.19. The minimum absolute atomic E-state index is 0.134. The lowest BCUT2D eigenvalue weighted by Gasteiger charge is -2.19. The van der Waals surface area contributed by atoms with Crippen LogP contribution in [-0.2, 0) is 0 Å². The van der Waals surface area contributed by atoms with Crippen LogP contribution >= 0.6 is 11.3 Å². The summed E-state index contributed by atoms with van der Waals surface area (Å²) in [4.78, 5) is 27.6. The highest BCUT2D eigenvalue weighted by atomic mass is 32.1. The molecule has 5 heteroatoms. The van der Waals surface area contributed by atoms with Crippen molar-refractivity contribution in [1.29, 1.82) is 0 Å². The molecule has 0 bridgehead atoms. The predicted octanol–water partition coefficient (Wildman–Crippen LogP) is 5.21. The second-order valence-electron chi connectivity index (χ2n) is 6.90. The first-order valence-electron chi connectivity index (χ1n) is 8.67. The Hall–Kier alpha value is -2.92. The van der Waals surface area contributed by atoms with Crippen LogP contribution in [0, 0.1) is 20.8 Å². The summed E-state index contributed by atoms with van der Waals surface area (Å²) in [5.74, 6) is -0.134. The molecular weight excluding hydrogens is 358 g/mol. The zero-order valence-corrected chi connectivity index (χ0v) is 16.4. The standard InChI is InChI=1S/C22H19NO3S/c1-12-6-8-18-15(9-12)20-16(22(25)26-18)11-19(27-20)21(24)23(4)17-10-13(2)5-7-14(17)3/h5-11H,1-4H3. The Morgan fingerprint density at radius 1 is 0.963 bits per heavy atom. The number of rotatable bonds is 2. The highest BCUT2D eigenvalue weighted by Crippen LogP contribution is 2.32. The minimum atomic E-state index is -0.411. The van der Waals surface area contributed by atoms with Gasteiger partial charge in [0.15, 0.2) is 0 Å². The Morgan fingerprint density at radius 2 is 1.67 bits per heavy atom. The molecule has 0 N–H and O–H groups in total. The number of amides is 1. The SMILES string of the molecule is Cc1ccc(C)c(N(C)C(=O)c2cc3c(=O)oc4ccc(C)cc4c3s2)c1. The van der Waals surface area contributed by atoms with Gasteiger partial charge >= 0.3 is 5.63 Å². The van der Waals surface area contributed by atoms with E-state index in [0.29, 0.717) is 15.8 Å². The number of hydrogen-bond donors (Lipinski definition) is 0. The van der Waals surface area contributed by atoms with Gasteiger partial charge in [-0.25, -0.2) is 4.79 Å². The minimum Gasteiger partial charge on any atom is -0.422 e. The van der Waals surface area contributed by atoms with E-state index in [1.807, 2.05) is 51.1 Å². The van der Waals surface area contributed by atoms with Crippen LogP contribution in [0.4, 0.5) is 5.69 Å². The molecule has 0 atom stereocenters. The van der Waals surface area contributed by atoms with Crippen molar-refractivity contribution in [3.63, 3.8) is 0 Å². The molecule has 0 aliphatic heterocycles. The topological polar surface area (TPSA) is 50.5 Å². The molecule has 2 aromatic heterocycles. The van der Waals surface area contributed by atoms with Crippen molar-refractivity contribution in [3.05, 3.63) is 74.5 Å². The van der Waals surface area contributed by atoms with E-state index in [0.717, 1.165) is 32.5 Å². The van der Waals surface area contributed by atoms with Crippen LogP contribution in [0.15, 0.2) is 51.7 Å². The summed E-state index contributed by atoms with van der Waals surface area (Å²) in [6.07, 6.45) is 0. The van der Waals surface area contributed by atoms with E-state index in [9.17, 15) is 9.59 Å². The number of carbonyl (C=O) groups excluding carboxylic acids is 1. The maximum absolute atomic E-state index is 13.1. The first-order valence-corrected chi connectivity index (χ1v) is 9.49. The third kappa shape index (κ3) is 2.94. The fraction of sp³-hybridized carbons (Fsp3) is 0.182. The highest BCUT2D eigenvalue weighted by molar-refractivity contribution is 7.21. The van der Waals surface area contributed by atoms with Gasteiger partial charge in [-0.05, 0) is 56.2 Å². The van der Waals surface area contributed by atoms with Gasteiger partial charge in [0, 0.05) is 18.1 Å². The number of fused-ring (bicyclic) bond motifs is 3. The van der Waals surface area contributed by atoms with Crippen LogP contribution in [0.25, 0.3) is 21.1 Å². The molecule has 0 saturated heterocycles. The molecule has 0 spiro atoms. The molecule has 0 unspecified atom stereocenters. The summed E-state index contributed by atoms with van der Waals surface area (Å²) >= 11 is 1.34. The average molecular weight is 377 g/mol. The van der Waals surface area contributed by atoms with E-state index in [4.69, 9.17) is 4.42 Å². The monoisotopic (exact) mass is 377 g/mol. The number of anilines is 1. The van der Waals surface area contributed by atoms with Crippen LogP contribution < -0.4 is 10.5 Å². The van der Waals surface area contributed by atoms with Gasteiger partial charge in [-0.15, -0.1) is 11.3 Å². The molecule has 2 heterocycles. The second-order valence-corrected chi connectivity index (χ2v) is 7.95. The van der Waals surface area contributed by atoms with Gasteiger partial charge in [-0.1, -0.05) is 23.8 Å². The lowest BCUT2D eigenvalue weighted by molar-refractivity contribution is 0.0997. The van der Waals surface area contributed by atoms with Crippen LogP contribution in [0.3, 0.4) is 0 Å². The average Bonchev–Trinajstić information content (AvgIpc) is 3.09. The number of nitrogens with zero attached hydrogens (tertiary/aromatic N) is 1. The number of hydrogen-bond acceptors (Lipinski definition) is 4. The van der Waals surface area contributed by atoms with Gasteiger partial charge in [0.1, 0.15) is 5.58 Å². The molecule has 4 nitrogen and oxygen atoms in total. The Kier molecular flexibility index (Phi) is 4.12. The fourth-order valence-corrected chi connectivity index (χ4v) is 4.41. The molecule has 2 aromatic carbocycles. The van der Waals surface area contributed by atoms with Crippen molar-refractivity contribution < 1.29 is 9.21 Å². The van der Waals surface area contributed by atoms with Gasteiger partial charge in [0.25, 0.3) is 5.91 Å². The third-order valence-electron chi connectivity index (χ3n) is 4.78. The van der Waals surface area contributed by atoms with Crippen molar-refractivity contribution >= 4 is 44.0 Å². The Labute approximate surface area is 160 Å². The molecule has 0 saturated carbocycles. The number of benzene rings is 2. The third-order valence-corrected chi connectivity index (χ3v) is 5.93. The summed E-state index contributed by atoms with van der Waals surface area (Å²) in [5, 5.41) is 1.32. The van der Waals surface area contributed by atoms with E-state index in [2.05, 4.69) is 0 Å². The van der Waals surface area contributed by atoms with Crippen molar-refractivity contribution in [2.24, 2.45) is 0 Å². The van der Waals surface area contributed by atoms with E-state index >= 15 is 0 Å². The van der Waals surface area contributed by atoms with Crippen molar-refractivity contribution in [3.8, 4) is 0 Å². The van der Waals surface area contributed by atoms with Crippen LogP contribution in [-0.4, -0.2) is 13.0 Å². The van der Waals surface area contributed by atoms with Gasteiger partial charge in [0.05, 0.1) is 15.0 Å². The van der Waals surface area contributed by atoms with Crippen molar-refractivity contribution in [1.82, 2.24) is 0 Å². The molecule has 0 aliphatic rings. The van der Waals surface area contributed by atoms with E-state index in [-0.39, 0.29) is 5.91 Å². The lowest BCUT2D eigenvalue weighted by atomic mass is 10.1. The maximum Gasteiger partial charge on any atom is 0.345 e. The van der Waals surface area contributed by atoms with Gasteiger partial charge in [0.2, 0.25) is 0 Å². The number of thiophene rings is 1. The molecule has 4 rings (SSSR count). The predicted molar refractivity (Wildman–Crippen MR) is 111 cm³/mol. The van der Waals surface area contributed by atoms with Crippen LogP contribution in [0.1, 0.15) is 26.4 Å². The summed E-state index contributed by atoms with van der Waals surface area (Å²) in [6, 6.07) is 13.4. The highest BCUT2D eigenvalue weighted by Gasteiger charge is 2.20. The quantitative estimate of drug-likeness (QED) is 0.451. The number of carbonyl (C=O) groups is 1. The van der Waals surface area contributed by atoms with E-state index in [1.54, 1.807) is 24.1 Å². The van der Waals surface area contributed by atoms with Crippen LogP contribution in [0.5, 0.6) is 0 Å². The second kappa shape index (κ2) is 6.35. The van der Waals surface area contributed by atoms with Crippen molar-refractivity contribution in [2.75, 3.05) is 11.9 Å². The molecule has 1 amide bonds. The first-order chi connectivity index (χ1) is 12.8. The first kappa shape index (κ1) is 17.5. The zero-order valence-electron chi connectivity index (χ0n) is 15.6. The van der Waals surface area contributed by atoms with Gasteiger partial charge in [-0.3, -0.25) is 4.79 Å². The molecule has 0 aliphatic carbocycles. The lowest BCUT2D eigenvalue weighted by Crippen LogP contribution is -2.26. The number of aryl methyl sites for hydroxylation is 3. The van der Waals surface area contributed by atoms with Crippen LogP contribution in [0.2, 0.25) is 0 Å². The van der Waals surface area contributed by atoms with Gasteiger partial charge < -0.3 is 9.32 Å². The van der Waals surface area contributed by atoms with Crippen molar-refractivity contribution in [2.45, 2.75) is 20.8 Å². The molecule has 0 fully saturated rings. The zero-order chi connectivity index (χ0) is 19.3. The smallest absolute Gasteiger partial charge is 0.345 e. The Bertz CT molecular complexity index is 1270. The summed E-state index contributed by atoms with van der Waals surface area (Å²) in [7, 11) is 1.76. The van der Waals surface area contributed by atoms with E-state index < -0.39 is 5.63 Å². The maximum atomic E-state index is 13.1. The molecule has 0 radical (unpaired) electrons. The Morgan fingerprint density at radius 3 is 2.44 bits per heavy atom. The fourth-order valence-electron chi connectivity index (χ4n) is 3.27.